The van der Waals surface area contributed by atoms with Gasteiger partial charge in [-0.25, -0.2) is 4.79 Å². The van der Waals surface area contributed by atoms with Crippen molar-refractivity contribution in [2.75, 3.05) is 0 Å². The molecule has 6 heteroatoms. The number of hydrogen-bond acceptors (Lipinski definition) is 3. The van der Waals surface area contributed by atoms with E-state index in [1.165, 1.54) is 10.8 Å². The molecule has 0 fully saturated rings. The van der Waals surface area contributed by atoms with E-state index in [0.717, 1.165) is 12.8 Å². The molecule has 1 heterocycles. The van der Waals surface area contributed by atoms with Gasteiger partial charge in [0.25, 0.3) is 5.56 Å². The second kappa shape index (κ2) is 6.19. The summed E-state index contributed by atoms with van der Waals surface area (Å²) in [6.45, 7) is 4.25. The minimum absolute atomic E-state index is 0.150. The molecule has 0 bridgehead atoms. The van der Waals surface area contributed by atoms with E-state index in [4.69, 9.17) is 4.74 Å². The summed E-state index contributed by atoms with van der Waals surface area (Å²) in [5.74, 6) is 0. The molecule has 1 aromatic rings. The number of halogens is 1. The minimum Gasteiger partial charge on any atom is -0.357 e. The molecule has 16 heavy (non-hydrogen) atoms. The molecule has 0 unspecified atom stereocenters. The Balaban J connectivity index is 2.78. The molecule has 0 amide bonds. The highest BCUT2D eigenvalue weighted by Gasteiger charge is 2.06. The van der Waals surface area contributed by atoms with Gasteiger partial charge in [0.1, 0.15) is 6.73 Å². The molecular weight excluding hydrogens is 323 g/mol. The fourth-order valence-electron chi connectivity index (χ4n) is 1.29. The van der Waals surface area contributed by atoms with Crippen molar-refractivity contribution in [3.63, 3.8) is 0 Å². The van der Waals surface area contributed by atoms with Crippen LogP contribution in [0.3, 0.4) is 0 Å². The highest BCUT2D eigenvalue weighted by molar-refractivity contribution is 14.1. The molecule has 0 radical (unpaired) electrons. The molecular formula is C10H15IN2O3. The smallest absolute Gasteiger partial charge is 0.330 e. The highest BCUT2D eigenvalue weighted by Crippen LogP contribution is 2.03. The summed E-state index contributed by atoms with van der Waals surface area (Å²) >= 11 is 1.88. The molecule has 90 valence electrons. The summed E-state index contributed by atoms with van der Waals surface area (Å²) in [4.78, 5) is 24.8. The van der Waals surface area contributed by atoms with Crippen LogP contribution in [0, 0.1) is 3.57 Å². The lowest BCUT2D eigenvalue weighted by Crippen LogP contribution is -2.32. The van der Waals surface area contributed by atoms with Crippen molar-refractivity contribution >= 4 is 22.6 Å². The summed E-state index contributed by atoms with van der Waals surface area (Å²) in [5, 5.41) is 0. The number of hydrogen-bond donors (Lipinski definition) is 1. The first-order valence-electron chi connectivity index (χ1n) is 5.19. The number of rotatable bonds is 5. The van der Waals surface area contributed by atoms with E-state index in [0.29, 0.717) is 3.57 Å². The zero-order valence-corrected chi connectivity index (χ0v) is 11.5. The van der Waals surface area contributed by atoms with Crippen molar-refractivity contribution in [2.45, 2.75) is 39.5 Å². The van der Waals surface area contributed by atoms with Crippen LogP contribution in [0.4, 0.5) is 0 Å². The zero-order valence-electron chi connectivity index (χ0n) is 9.33. The molecule has 0 aliphatic carbocycles. The molecule has 1 aromatic heterocycles. The maximum atomic E-state index is 11.4. The first-order chi connectivity index (χ1) is 7.58. The largest absolute Gasteiger partial charge is 0.357 e. The molecule has 1 N–H and O–H groups in total. The molecule has 1 rings (SSSR count). The molecule has 0 aliphatic rings. The monoisotopic (exact) mass is 338 g/mol. The summed E-state index contributed by atoms with van der Waals surface area (Å²) in [7, 11) is 0. The van der Waals surface area contributed by atoms with Gasteiger partial charge in [0, 0.05) is 6.20 Å². The van der Waals surface area contributed by atoms with Crippen molar-refractivity contribution < 1.29 is 4.74 Å². The number of nitrogens with one attached hydrogen (secondary N) is 1. The van der Waals surface area contributed by atoms with Crippen LogP contribution in [0.5, 0.6) is 0 Å². The molecule has 0 saturated heterocycles. The quantitative estimate of drug-likeness (QED) is 0.824. The average Bonchev–Trinajstić information content (AvgIpc) is 2.26. The second-order valence-electron chi connectivity index (χ2n) is 3.44. The first-order valence-corrected chi connectivity index (χ1v) is 6.27. The molecule has 0 saturated carbocycles. The number of H-pyrrole nitrogens is 1. The van der Waals surface area contributed by atoms with Crippen LogP contribution < -0.4 is 11.2 Å². The third-order valence-corrected chi connectivity index (χ3v) is 3.10. The van der Waals surface area contributed by atoms with Crippen LogP contribution in [-0.2, 0) is 11.5 Å². The van der Waals surface area contributed by atoms with E-state index in [1.54, 1.807) is 0 Å². The number of ether oxygens (including phenoxy) is 1. The van der Waals surface area contributed by atoms with E-state index in [1.807, 2.05) is 36.4 Å². The Bertz CT molecular complexity index is 448. The average molecular weight is 338 g/mol. The third kappa shape index (κ3) is 3.44. The van der Waals surface area contributed by atoms with Crippen LogP contribution in [-0.4, -0.2) is 15.7 Å². The summed E-state index contributed by atoms with van der Waals surface area (Å²) in [5.41, 5.74) is -0.791. The molecule has 0 aliphatic heterocycles. The van der Waals surface area contributed by atoms with Crippen molar-refractivity contribution in [3.05, 3.63) is 30.6 Å². The van der Waals surface area contributed by atoms with Crippen LogP contribution >= 0.6 is 22.6 Å². The normalized spacial score (nSPS) is 11.0. The van der Waals surface area contributed by atoms with E-state index >= 15 is 0 Å². The van der Waals surface area contributed by atoms with Gasteiger partial charge in [-0.1, -0.05) is 13.8 Å². The number of nitrogens with zero attached hydrogens (tertiary/aromatic N) is 1. The fourth-order valence-corrected chi connectivity index (χ4v) is 1.76. The van der Waals surface area contributed by atoms with Crippen LogP contribution in [0.2, 0.25) is 0 Å². The van der Waals surface area contributed by atoms with Gasteiger partial charge in [0.15, 0.2) is 0 Å². The maximum Gasteiger partial charge on any atom is 0.330 e. The topological polar surface area (TPSA) is 64.1 Å². The molecule has 0 atom stereocenters. The molecule has 0 aromatic carbocycles. The van der Waals surface area contributed by atoms with E-state index in [-0.39, 0.29) is 18.4 Å². The SMILES string of the molecule is CCC(CC)OCn1cc(I)c(=O)[nH]c1=O. The van der Waals surface area contributed by atoms with Gasteiger partial charge >= 0.3 is 5.69 Å². The Morgan fingerprint density at radius 1 is 1.44 bits per heavy atom. The number of aromatic nitrogens is 2. The highest BCUT2D eigenvalue weighted by atomic mass is 127. The predicted molar refractivity (Wildman–Crippen MR) is 69.5 cm³/mol. The van der Waals surface area contributed by atoms with Crippen molar-refractivity contribution in [2.24, 2.45) is 0 Å². The van der Waals surface area contributed by atoms with Gasteiger partial charge in [-0.3, -0.25) is 14.3 Å². The second-order valence-corrected chi connectivity index (χ2v) is 4.60. The summed E-state index contributed by atoms with van der Waals surface area (Å²) in [6.07, 6.45) is 3.47. The lowest BCUT2D eigenvalue weighted by atomic mass is 10.2. The minimum atomic E-state index is -0.434. The van der Waals surface area contributed by atoms with E-state index < -0.39 is 5.69 Å². The summed E-state index contributed by atoms with van der Waals surface area (Å²) < 4.78 is 7.38. The van der Waals surface area contributed by atoms with E-state index in [9.17, 15) is 9.59 Å². The zero-order chi connectivity index (χ0) is 12.1. The molecule has 5 nitrogen and oxygen atoms in total. The van der Waals surface area contributed by atoms with Gasteiger partial charge < -0.3 is 4.74 Å². The van der Waals surface area contributed by atoms with Gasteiger partial charge in [-0.2, -0.15) is 0 Å². The van der Waals surface area contributed by atoms with Gasteiger partial charge in [0.2, 0.25) is 0 Å². The predicted octanol–water partition coefficient (Wildman–Crippen LogP) is 1.30. The number of aromatic amines is 1. The Kier molecular flexibility index (Phi) is 5.20. The third-order valence-electron chi connectivity index (χ3n) is 2.33. The van der Waals surface area contributed by atoms with Gasteiger partial charge in [0.05, 0.1) is 9.67 Å². The van der Waals surface area contributed by atoms with Crippen molar-refractivity contribution in [3.8, 4) is 0 Å². The van der Waals surface area contributed by atoms with Crippen LogP contribution in [0.15, 0.2) is 15.8 Å². The van der Waals surface area contributed by atoms with Gasteiger partial charge in [-0.05, 0) is 35.4 Å². The summed E-state index contributed by atoms with van der Waals surface area (Å²) in [6, 6.07) is 0. The Hall–Kier alpha value is -0.630. The maximum absolute atomic E-state index is 11.4. The van der Waals surface area contributed by atoms with Gasteiger partial charge in [-0.15, -0.1) is 0 Å². The van der Waals surface area contributed by atoms with Crippen LogP contribution in [0.25, 0.3) is 0 Å². The molecule has 0 spiro atoms. The Morgan fingerprint density at radius 3 is 2.62 bits per heavy atom. The Morgan fingerprint density at radius 2 is 2.06 bits per heavy atom. The van der Waals surface area contributed by atoms with Crippen LogP contribution in [0.1, 0.15) is 26.7 Å². The van der Waals surface area contributed by atoms with Crippen molar-refractivity contribution in [1.29, 1.82) is 0 Å². The lowest BCUT2D eigenvalue weighted by molar-refractivity contribution is 0.000733. The van der Waals surface area contributed by atoms with E-state index in [2.05, 4.69) is 4.98 Å². The van der Waals surface area contributed by atoms with Crippen molar-refractivity contribution in [1.82, 2.24) is 9.55 Å². The lowest BCUT2D eigenvalue weighted by Gasteiger charge is -2.14. The first kappa shape index (κ1) is 13.4. The standard InChI is InChI=1S/C10H15IN2O3/c1-3-7(4-2)16-6-13-5-8(11)9(14)12-10(13)15/h5,7H,3-4,6H2,1-2H3,(H,12,14,15). The fraction of sp³-hybridized carbons (Fsp3) is 0.600. The Labute approximate surface area is 107 Å².